The Labute approximate surface area is 121 Å². The highest BCUT2D eigenvalue weighted by molar-refractivity contribution is 7.16. The number of thiophene rings is 1. The Bertz CT molecular complexity index is 656. The number of likely N-dealkylation sites (tertiary alicyclic amines) is 1. The van der Waals surface area contributed by atoms with Gasteiger partial charge in [-0.15, -0.1) is 11.3 Å². The fourth-order valence-electron chi connectivity index (χ4n) is 2.67. The first kappa shape index (κ1) is 13.7. The van der Waals surface area contributed by atoms with E-state index in [1.165, 1.54) is 11.3 Å². The number of piperidine rings is 1. The number of fused-ring (bicyclic) bond motifs is 1. The van der Waals surface area contributed by atoms with Gasteiger partial charge in [-0.1, -0.05) is 0 Å². The van der Waals surface area contributed by atoms with Gasteiger partial charge >= 0.3 is 0 Å². The lowest BCUT2D eigenvalue weighted by Gasteiger charge is -2.36. The normalized spacial score (nSPS) is 19.5. The lowest BCUT2D eigenvalue weighted by molar-refractivity contribution is -0.0255. The van der Waals surface area contributed by atoms with E-state index in [4.69, 9.17) is 0 Å². The molecule has 3 heterocycles. The minimum atomic E-state index is -0.643. The van der Waals surface area contributed by atoms with Crippen LogP contribution < -0.4 is 5.56 Å². The molecule has 1 aliphatic heterocycles. The average Bonchev–Trinajstić information content (AvgIpc) is 2.91. The predicted octanol–water partition coefficient (Wildman–Crippen LogP) is 1.30. The minimum absolute atomic E-state index is 0.00669. The van der Waals surface area contributed by atoms with Crippen LogP contribution in [0.2, 0.25) is 0 Å². The van der Waals surface area contributed by atoms with Crippen molar-refractivity contribution in [3.05, 3.63) is 28.1 Å². The van der Waals surface area contributed by atoms with Crippen molar-refractivity contribution in [2.45, 2.75) is 31.4 Å². The maximum Gasteiger partial charge on any atom is 0.262 e. The molecule has 2 aromatic rings. The standard InChI is InChI=1S/C14H19N3O2S/c1-16-6-3-14(19,4-7-16)5-8-17-10-15-12-11(13(17)18)2-9-20-12/h2,9-10,19H,3-8H2,1H3. The van der Waals surface area contributed by atoms with Crippen LogP contribution in [0.5, 0.6) is 0 Å². The summed E-state index contributed by atoms with van der Waals surface area (Å²) in [5, 5.41) is 13.1. The van der Waals surface area contributed by atoms with Crippen LogP contribution in [0.1, 0.15) is 19.3 Å². The number of rotatable bonds is 3. The lowest BCUT2D eigenvalue weighted by atomic mass is 9.88. The van der Waals surface area contributed by atoms with E-state index in [0.29, 0.717) is 18.4 Å². The minimum Gasteiger partial charge on any atom is -0.390 e. The third-order valence-corrected chi connectivity index (χ3v) is 5.01. The van der Waals surface area contributed by atoms with Gasteiger partial charge in [0.25, 0.3) is 5.56 Å². The van der Waals surface area contributed by atoms with Crippen LogP contribution in [0, 0.1) is 0 Å². The van der Waals surface area contributed by atoms with Crippen molar-refractivity contribution in [3.63, 3.8) is 0 Å². The lowest BCUT2D eigenvalue weighted by Crippen LogP contribution is -2.43. The zero-order valence-electron chi connectivity index (χ0n) is 11.6. The van der Waals surface area contributed by atoms with E-state index in [2.05, 4.69) is 16.9 Å². The summed E-state index contributed by atoms with van der Waals surface area (Å²) in [5.41, 5.74) is -0.650. The number of hydrogen-bond acceptors (Lipinski definition) is 5. The highest BCUT2D eigenvalue weighted by Crippen LogP contribution is 2.25. The highest BCUT2D eigenvalue weighted by atomic mass is 32.1. The van der Waals surface area contributed by atoms with E-state index in [9.17, 15) is 9.90 Å². The quantitative estimate of drug-likeness (QED) is 0.927. The third kappa shape index (κ3) is 2.63. The van der Waals surface area contributed by atoms with Gasteiger partial charge in [-0.05, 0) is 37.8 Å². The molecule has 1 aliphatic rings. The number of aromatic nitrogens is 2. The highest BCUT2D eigenvalue weighted by Gasteiger charge is 2.30. The summed E-state index contributed by atoms with van der Waals surface area (Å²) < 4.78 is 1.62. The summed E-state index contributed by atoms with van der Waals surface area (Å²) >= 11 is 1.48. The van der Waals surface area contributed by atoms with Crippen molar-refractivity contribution >= 4 is 21.6 Å². The van der Waals surface area contributed by atoms with E-state index >= 15 is 0 Å². The molecule has 0 saturated carbocycles. The van der Waals surface area contributed by atoms with Gasteiger partial charge in [0.1, 0.15) is 4.83 Å². The Morgan fingerprint density at radius 1 is 1.45 bits per heavy atom. The second kappa shape index (κ2) is 5.27. The summed E-state index contributed by atoms with van der Waals surface area (Å²) in [6.45, 7) is 2.35. The maximum absolute atomic E-state index is 12.3. The van der Waals surface area contributed by atoms with E-state index in [1.807, 2.05) is 11.4 Å². The molecule has 1 N–H and O–H groups in total. The molecule has 0 radical (unpaired) electrons. The summed E-state index contributed by atoms with van der Waals surface area (Å²) in [6.07, 6.45) is 3.75. The topological polar surface area (TPSA) is 58.4 Å². The van der Waals surface area contributed by atoms with Crippen LogP contribution in [0.3, 0.4) is 0 Å². The Morgan fingerprint density at radius 3 is 2.95 bits per heavy atom. The molecule has 20 heavy (non-hydrogen) atoms. The molecule has 108 valence electrons. The molecule has 1 fully saturated rings. The molecule has 5 nitrogen and oxygen atoms in total. The van der Waals surface area contributed by atoms with Crippen molar-refractivity contribution in [1.82, 2.24) is 14.5 Å². The molecule has 0 amide bonds. The number of aliphatic hydroxyl groups is 1. The van der Waals surface area contributed by atoms with Crippen LogP contribution in [0.15, 0.2) is 22.6 Å². The van der Waals surface area contributed by atoms with E-state index in [1.54, 1.807) is 10.9 Å². The molecule has 0 atom stereocenters. The number of hydrogen-bond donors (Lipinski definition) is 1. The van der Waals surface area contributed by atoms with Gasteiger partial charge in [0.2, 0.25) is 0 Å². The fraction of sp³-hybridized carbons (Fsp3) is 0.571. The van der Waals surface area contributed by atoms with Gasteiger partial charge in [0.05, 0.1) is 17.3 Å². The first-order valence-electron chi connectivity index (χ1n) is 6.91. The maximum atomic E-state index is 12.3. The average molecular weight is 293 g/mol. The van der Waals surface area contributed by atoms with Gasteiger partial charge in [-0.25, -0.2) is 4.98 Å². The van der Waals surface area contributed by atoms with Gasteiger partial charge in [-0.3, -0.25) is 9.36 Å². The molecule has 0 bridgehead atoms. The summed E-state index contributed by atoms with van der Waals surface area (Å²) in [4.78, 5) is 19.6. The second-order valence-electron chi connectivity index (χ2n) is 5.66. The van der Waals surface area contributed by atoms with Crippen LogP contribution >= 0.6 is 11.3 Å². The Balaban J connectivity index is 1.74. The predicted molar refractivity (Wildman–Crippen MR) is 80.2 cm³/mol. The van der Waals surface area contributed by atoms with Crippen molar-refractivity contribution in [3.8, 4) is 0 Å². The second-order valence-corrected chi connectivity index (χ2v) is 6.55. The zero-order valence-corrected chi connectivity index (χ0v) is 12.4. The zero-order chi connectivity index (χ0) is 14.2. The largest absolute Gasteiger partial charge is 0.390 e. The molecule has 0 unspecified atom stereocenters. The SMILES string of the molecule is CN1CCC(O)(CCn2cnc3sccc3c2=O)CC1. The van der Waals surface area contributed by atoms with Crippen LogP contribution in [0.25, 0.3) is 10.2 Å². The van der Waals surface area contributed by atoms with Crippen molar-refractivity contribution in [1.29, 1.82) is 0 Å². The summed E-state index contributed by atoms with van der Waals surface area (Å²) in [6, 6.07) is 1.82. The van der Waals surface area contributed by atoms with E-state index in [-0.39, 0.29) is 5.56 Å². The summed E-state index contributed by atoms with van der Waals surface area (Å²) in [5.74, 6) is 0. The molecule has 2 aromatic heterocycles. The smallest absolute Gasteiger partial charge is 0.262 e. The first-order valence-corrected chi connectivity index (χ1v) is 7.79. The molecular formula is C14H19N3O2S. The van der Waals surface area contributed by atoms with E-state index < -0.39 is 5.60 Å². The van der Waals surface area contributed by atoms with Gasteiger partial charge < -0.3 is 10.0 Å². The Kier molecular flexibility index (Phi) is 3.62. The molecule has 0 spiro atoms. The van der Waals surface area contributed by atoms with Gasteiger partial charge in [0.15, 0.2) is 0 Å². The summed E-state index contributed by atoms with van der Waals surface area (Å²) in [7, 11) is 2.07. The van der Waals surface area contributed by atoms with Crippen LogP contribution in [-0.2, 0) is 6.54 Å². The van der Waals surface area contributed by atoms with Crippen molar-refractivity contribution in [2.24, 2.45) is 0 Å². The molecule has 6 heteroatoms. The molecule has 0 aliphatic carbocycles. The van der Waals surface area contributed by atoms with Gasteiger partial charge in [0, 0.05) is 19.6 Å². The van der Waals surface area contributed by atoms with Crippen molar-refractivity contribution < 1.29 is 5.11 Å². The number of nitrogens with zero attached hydrogens (tertiary/aromatic N) is 3. The fourth-order valence-corrected chi connectivity index (χ4v) is 3.39. The number of aryl methyl sites for hydroxylation is 1. The molecule has 1 saturated heterocycles. The Morgan fingerprint density at radius 2 is 2.20 bits per heavy atom. The molecule has 0 aromatic carbocycles. The van der Waals surface area contributed by atoms with Crippen LogP contribution in [-0.4, -0.2) is 45.3 Å². The molecular weight excluding hydrogens is 274 g/mol. The first-order chi connectivity index (χ1) is 9.57. The van der Waals surface area contributed by atoms with Crippen molar-refractivity contribution in [2.75, 3.05) is 20.1 Å². The molecule has 3 rings (SSSR count). The Hall–Kier alpha value is -1.24. The monoisotopic (exact) mass is 293 g/mol. The van der Waals surface area contributed by atoms with E-state index in [0.717, 1.165) is 30.8 Å². The van der Waals surface area contributed by atoms with Crippen LogP contribution in [0.4, 0.5) is 0 Å². The van der Waals surface area contributed by atoms with Gasteiger partial charge in [-0.2, -0.15) is 0 Å². The third-order valence-electron chi connectivity index (χ3n) is 4.19.